The standard InChI is InChI=1S/C7H13NOS/c1-6(3-4-9)10-7(2)5-8/h6-7,9H,3-4H2,1-2H3. The molecule has 0 heterocycles. The first-order valence-corrected chi connectivity index (χ1v) is 4.31. The van der Waals surface area contributed by atoms with E-state index < -0.39 is 0 Å². The second kappa shape index (κ2) is 5.57. The van der Waals surface area contributed by atoms with Crippen LogP contribution in [0.4, 0.5) is 0 Å². The first kappa shape index (κ1) is 9.80. The van der Waals surface area contributed by atoms with Crippen LogP contribution in [-0.2, 0) is 0 Å². The third-order valence-electron chi connectivity index (χ3n) is 1.15. The van der Waals surface area contributed by atoms with E-state index >= 15 is 0 Å². The Kier molecular flexibility index (Phi) is 5.46. The van der Waals surface area contributed by atoms with Gasteiger partial charge in [0.25, 0.3) is 0 Å². The number of hydrogen-bond donors (Lipinski definition) is 1. The van der Waals surface area contributed by atoms with Crippen molar-refractivity contribution in [1.29, 1.82) is 5.26 Å². The largest absolute Gasteiger partial charge is 0.396 e. The van der Waals surface area contributed by atoms with Gasteiger partial charge in [-0.15, -0.1) is 11.8 Å². The second-order valence-corrected chi connectivity index (χ2v) is 4.01. The summed E-state index contributed by atoms with van der Waals surface area (Å²) in [6, 6.07) is 2.14. The Morgan fingerprint density at radius 2 is 2.20 bits per heavy atom. The van der Waals surface area contributed by atoms with Crippen LogP contribution in [0.5, 0.6) is 0 Å². The Hall–Kier alpha value is -0.200. The van der Waals surface area contributed by atoms with E-state index in [1.165, 1.54) is 0 Å². The van der Waals surface area contributed by atoms with Gasteiger partial charge in [-0.05, 0) is 13.3 Å². The maximum atomic E-state index is 8.53. The zero-order chi connectivity index (χ0) is 7.98. The van der Waals surface area contributed by atoms with Gasteiger partial charge in [0.05, 0.1) is 11.3 Å². The van der Waals surface area contributed by atoms with Crippen molar-refractivity contribution in [3.63, 3.8) is 0 Å². The molecular weight excluding hydrogens is 146 g/mol. The summed E-state index contributed by atoms with van der Waals surface area (Å²) in [5.41, 5.74) is 0. The summed E-state index contributed by atoms with van der Waals surface area (Å²) in [6.07, 6.45) is 0.774. The van der Waals surface area contributed by atoms with Crippen LogP contribution in [0, 0.1) is 11.3 Å². The molecule has 0 aliphatic heterocycles. The summed E-state index contributed by atoms with van der Waals surface area (Å²) in [4.78, 5) is 0. The van der Waals surface area contributed by atoms with Gasteiger partial charge in [0.15, 0.2) is 0 Å². The van der Waals surface area contributed by atoms with Crippen LogP contribution in [0.1, 0.15) is 20.3 Å². The third kappa shape index (κ3) is 4.66. The minimum Gasteiger partial charge on any atom is -0.396 e. The Morgan fingerprint density at radius 3 is 2.60 bits per heavy atom. The molecule has 3 heteroatoms. The normalized spacial score (nSPS) is 15.8. The van der Waals surface area contributed by atoms with Gasteiger partial charge in [-0.25, -0.2) is 0 Å². The summed E-state index contributed by atoms with van der Waals surface area (Å²) in [5.74, 6) is 0. The molecule has 0 radical (unpaired) electrons. The fourth-order valence-electron chi connectivity index (χ4n) is 0.629. The van der Waals surface area contributed by atoms with Gasteiger partial charge in [0, 0.05) is 11.9 Å². The molecule has 0 saturated carbocycles. The van der Waals surface area contributed by atoms with Crippen LogP contribution >= 0.6 is 11.8 Å². The Labute approximate surface area is 66.2 Å². The number of aliphatic hydroxyl groups excluding tert-OH is 1. The monoisotopic (exact) mass is 159 g/mol. The minimum atomic E-state index is 0.0431. The molecule has 0 amide bonds. The van der Waals surface area contributed by atoms with Crippen LogP contribution in [0.2, 0.25) is 0 Å². The molecule has 0 bridgehead atoms. The van der Waals surface area contributed by atoms with Crippen LogP contribution in [0.3, 0.4) is 0 Å². The lowest BCUT2D eigenvalue weighted by Gasteiger charge is -2.09. The molecular formula is C7H13NOS. The summed E-state index contributed by atoms with van der Waals surface area (Å²) < 4.78 is 0. The highest BCUT2D eigenvalue weighted by molar-refractivity contribution is 8.00. The van der Waals surface area contributed by atoms with Crippen molar-refractivity contribution in [1.82, 2.24) is 0 Å². The average molecular weight is 159 g/mol. The van der Waals surface area contributed by atoms with Crippen molar-refractivity contribution in [2.75, 3.05) is 6.61 Å². The maximum absolute atomic E-state index is 8.53. The molecule has 0 rings (SSSR count). The van der Waals surface area contributed by atoms with E-state index in [1.54, 1.807) is 11.8 Å². The summed E-state index contributed by atoms with van der Waals surface area (Å²) in [7, 11) is 0. The average Bonchev–Trinajstić information content (AvgIpc) is 1.88. The molecule has 2 nitrogen and oxygen atoms in total. The molecule has 0 aromatic rings. The maximum Gasteiger partial charge on any atom is 0.0891 e. The number of aliphatic hydroxyl groups is 1. The van der Waals surface area contributed by atoms with Crippen molar-refractivity contribution in [3.05, 3.63) is 0 Å². The van der Waals surface area contributed by atoms with Crippen LogP contribution in [0.15, 0.2) is 0 Å². The highest BCUT2D eigenvalue weighted by atomic mass is 32.2. The van der Waals surface area contributed by atoms with E-state index in [9.17, 15) is 0 Å². The Morgan fingerprint density at radius 1 is 1.60 bits per heavy atom. The lowest BCUT2D eigenvalue weighted by atomic mass is 10.3. The number of rotatable bonds is 4. The molecule has 0 aliphatic rings. The molecule has 0 aromatic carbocycles. The van der Waals surface area contributed by atoms with Gasteiger partial charge in [0.1, 0.15) is 0 Å². The quantitative estimate of drug-likeness (QED) is 0.674. The smallest absolute Gasteiger partial charge is 0.0891 e. The number of nitriles is 1. The van der Waals surface area contributed by atoms with Crippen molar-refractivity contribution >= 4 is 11.8 Å². The number of thioether (sulfide) groups is 1. The molecule has 58 valence electrons. The predicted octanol–water partition coefficient (Wildman–Crippen LogP) is 1.40. The first-order chi connectivity index (χ1) is 4.70. The van der Waals surface area contributed by atoms with Gasteiger partial charge in [0.2, 0.25) is 0 Å². The van der Waals surface area contributed by atoms with Gasteiger partial charge < -0.3 is 5.11 Å². The summed E-state index contributed by atoms with van der Waals surface area (Å²) in [6.45, 7) is 4.11. The topological polar surface area (TPSA) is 44.0 Å². The molecule has 0 fully saturated rings. The fraction of sp³-hybridized carbons (Fsp3) is 0.857. The van der Waals surface area contributed by atoms with E-state index in [0.29, 0.717) is 5.25 Å². The zero-order valence-corrected chi connectivity index (χ0v) is 7.19. The first-order valence-electron chi connectivity index (χ1n) is 3.36. The minimum absolute atomic E-state index is 0.0431. The number of hydrogen-bond acceptors (Lipinski definition) is 3. The molecule has 0 aliphatic carbocycles. The lowest BCUT2D eigenvalue weighted by molar-refractivity contribution is 0.289. The van der Waals surface area contributed by atoms with Crippen molar-refractivity contribution < 1.29 is 5.11 Å². The molecule has 2 unspecified atom stereocenters. The summed E-state index contributed by atoms with van der Waals surface area (Å²) in [5, 5.41) is 17.4. The van der Waals surface area contributed by atoms with E-state index in [-0.39, 0.29) is 11.9 Å². The molecule has 1 N–H and O–H groups in total. The van der Waals surface area contributed by atoms with E-state index in [4.69, 9.17) is 10.4 Å². The van der Waals surface area contributed by atoms with Gasteiger partial charge in [-0.3, -0.25) is 0 Å². The van der Waals surface area contributed by atoms with Crippen LogP contribution < -0.4 is 0 Å². The van der Waals surface area contributed by atoms with Gasteiger partial charge in [-0.2, -0.15) is 5.26 Å². The van der Waals surface area contributed by atoms with Gasteiger partial charge >= 0.3 is 0 Å². The van der Waals surface area contributed by atoms with E-state index in [0.717, 1.165) is 6.42 Å². The Balaban J connectivity index is 3.39. The molecule has 0 spiro atoms. The van der Waals surface area contributed by atoms with Gasteiger partial charge in [-0.1, -0.05) is 6.92 Å². The number of nitrogens with zero attached hydrogens (tertiary/aromatic N) is 1. The van der Waals surface area contributed by atoms with E-state index in [2.05, 4.69) is 6.07 Å². The van der Waals surface area contributed by atoms with Crippen molar-refractivity contribution in [3.8, 4) is 6.07 Å². The predicted molar refractivity (Wildman–Crippen MR) is 43.8 cm³/mol. The lowest BCUT2D eigenvalue weighted by Crippen LogP contribution is -2.04. The molecule has 0 saturated heterocycles. The Bertz CT molecular complexity index is 121. The molecule has 0 aromatic heterocycles. The highest BCUT2D eigenvalue weighted by Crippen LogP contribution is 2.18. The third-order valence-corrected chi connectivity index (χ3v) is 2.37. The van der Waals surface area contributed by atoms with Crippen molar-refractivity contribution in [2.24, 2.45) is 0 Å². The second-order valence-electron chi connectivity index (χ2n) is 2.23. The zero-order valence-electron chi connectivity index (χ0n) is 6.37. The SMILES string of the molecule is CC(C#N)SC(C)CCO. The summed E-state index contributed by atoms with van der Waals surface area (Å²) >= 11 is 1.60. The van der Waals surface area contributed by atoms with E-state index in [1.807, 2.05) is 13.8 Å². The molecule has 10 heavy (non-hydrogen) atoms. The van der Waals surface area contributed by atoms with Crippen molar-refractivity contribution in [2.45, 2.75) is 30.8 Å². The highest BCUT2D eigenvalue weighted by Gasteiger charge is 2.06. The molecule has 2 atom stereocenters. The van der Waals surface area contributed by atoms with Crippen LogP contribution in [-0.4, -0.2) is 22.2 Å². The fourth-order valence-corrected chi connectivity index (χ4v) is 1.63. The van der Waals surface area contributed by atoms with Crippen LogP contribution in [0.25, 0.3) is 0 Å².